The molecular weight excluding hydrogens is 274 g/mol. The topological polar surface area (TPSA) is 47.5 Å². The molecule has 1 aliphatic carbocycles. The molecule has 6 heteroatoms. The number of hydrogen-bond donors (Lipinski definition) is 0. The van der Waals surface area contributed by atoms with Gasteiger partial charge in [0.15, 0.2) is 0 Å². The van der Waals surface area contributed by atoms with Crippen LogP contribution in [0.1, 0.15) is 32.1 Å². The predicted octanol–water partition coefficient (Wildman–Crippen LogP) is 2.09. The zero-order chi connectivity index (χ0) is 13.4. The van der Waals surface area contributed by atoms with E-state index in [2.05, 4.69) is 15.1 Å². The van der Waals surface area contributed by atoms with Crippen LogP contribution in [0.15, 0.2) is 5.51 Å². The summed E-state index contributed by atoms with van der Waals surface area (Å²) in [4.78, 5) is 2.32. The molecule has 0 aromatic carbocycles. The third-order valence-corrected chi connectivity index (χ3v) is 5.35. The molecule has 1 spiro atoms. The van der Waals surface area contributed by atoms with E-state index in [9.17, 15) is 0 Å². The molecule has 2 unspecified atom stereocenters. The Balaban J connectivity index is 1.37. The highest BCUT2D eigenvalue weighted by molar-refractivity contribution is 7.13. The molecule has 0 bridgehead atoms. The number of ether oxygens (including phenoxy) is 2. The normalized spacial score (nSPS) is 34.0. The summed E-state index contributed by atoms with van der Waals surface area (Å²) in [5.41, 5.74) is 1.78. The van der Waals surface area contributed by atoms with Crippen molar-refractivity contribution in [1.29, 1.82) is 0 Å². The van der Waals surface area contributed by atoms with Gasteiger partial charge < -0.3 is 14.4 Å². The van der Waals surface area contributed by atoms with Crippen LogP contribution in [0.2, 0.25) is 0 Å². The lowest BCUT2D eigenvalue weighted by molar-refractivity contribution is -0.0129. The van der Waals surface area contributed by atoms with Crippen molar-refractivity contribution in [2.75, 3.05) is 31.2 Å². The highest BCUT2D eigenvalue weighted by Crippen LogP contribution is 2.38. The Hall–Kier alpha value is -0.720. The Morgan fingerprint density at radius 2 is 2.45 bits per heavy atom. The molecule has 5 nitrogen and oxygen atoms in total. The Morgan fingerprint density at radius 1 is 1.50 bits per heavy atom. The van der Waals surface area contributed by atoms with Gasteiger partial charge in [-0.1, -0.05) is 11.3 Å². The zero-order valence-electron chi connectivity index (χ0n) is 11.7. The van der Waals surface area contributed by atoms with Crippen molar-refractivity contribution in [2.45, 2.75) is 43.8 Å². The van der Waals surface area contributed by atoms with Crippen LogP contribution in [0.3, 0.4) is 0 Å². The number of aromatic nitrogens is 2. The van der Waals surface area contributed by atoms with E-state index in [0.717, 1.165) is 56.6 Å². The Labute approximate surface area is 123 Å². The lowest BCUT2D eigenvalue weighted by Crippen LogP contribution is -2.48. The third-order valence-electron chi connectivity index (χ3n) is 4.60. The summed E-state index contributed by atoms with van der Waals surface area (Å²) >= 11 is 1.61. The summed E-state index contributed by atoms with van der Waals surface area (Å²) in [5, 5.41) is 9.16. The fraction of sp³-hybridized carbons (Fsp3) is 0.857. The average molecular weight is 295 g/mol. The molecular formula is C14H21N3O2S. The molecule has 0 radical (unpaired) electrons. The molecule has 3 fully saturated rings. The van der Waals surface area contributed by atoms with E-state index in [1.807, 2.05) is 0 Å². The second-order valence-electron chi connectivity index (χ2n) is 6.34. The molecule has 20 heavy (non-hydrogen) atoms. The summed E-state index contributed by atoms with van der Waals surface area (Å²) in [6.45, 7) is 3.69. The molecule has 110 valence electrons. The Morgan fingerprint density at radius 3 is 3.25 bits per heavy atom. The maximum absolute atomic E-state index is 6.16. The standard InChI is InChI=1S/C14H21N3O2S/c1-4-14(9-17(5-1)13-16-15-10-20-13)6-12(8-19-14)18-7-11-2-3-11/h10-12H,1-9H2. The highest BCUT2D eigenvalue weighted by Gasteiger charge is 2.44. The van der Waals surface area contributed by atoms with Gasteiger partial charge in [-0.15, -0.1) is 10.2 Å². The van der Waals surface area contributed by atoms with Crippen LogP contribution < -0.4 is 4.90 Å². The molecule has 3 aliphatic rings. The maximum Gasteiger partial charge on any atom is 0.208 e. The second kappa shape index (κ2) is 5.24. The van der Waals surface area contributed by atoms with Gasteiger partial charge >= 0.3 is 0 Å². The molecule has 2 aliphatic heterocycles. The molecule has 0 amide bonds. The molecule has 1 aromatic heterocycles. The van der Waals surface area contributed by atoms with Gasteiger partial charge in [-0.05, 0) is 31.6 Å². The van der Waals surface area contributed by atoms with Crippen molar-refractivity contribution in [3.63, 3.8) is 0 Å². The van der Waals surface area contributed by atoms with Gasteiger partial charge in [-0.25, -0.2) is 0 Å². The summed E-state index contributed by atoms with van der Waals surface area (Å²) < 4.78 is 12.2. The third kappa shape index (κ3) is 2.69. The number of nitrogens with zero attached hydrogens (tertiary/aromatic N) is 3. The van der Waals surface area contributed by atoms with Gasteiger partial charge in [-0.3, -0.25) is 0 Å². The van der Waals surface area contributed by atoms with Crippen molar-refractivity contribution in [3.8, 4) is 0 Å². The number of hydrogen-bond acceptors (Lipinski definition) is 6. The van der Waals surface area contributed by atoms with Crippen LogP contribution in [0.5, 0.6) is 0 Å². The fourth-order valence-electron chi connectivity index (χ4n) is 3.32. The van der Waals surface area contributed by atoms with E-state index in [-0.39, 0.29) is 5.60 Å². The van der Waals surface area contributed by atoms with E-state index >= 15 is 0 Å². The van der Waals surface area contributed by atoms with Crippen LogP contribution in [0.4, 0.5) is 5.13 Å². The number of rotatable bonds is 4. The quantitative estimate of drug-likeness (QED) is 0.851. The van der Waals surface area contributed by atoms with Crippen LogP contribution in [-0.2, 0) is 9.47 Å². The van der Waals surface area contributed by atoms with Crippen molar-refractivity contribution in [1.82, 2.24) is 10.2 Å². The van der Waals surface area contributed by atoms with E-state index < -0.39 is 0 Å². The van der Waals surface area contributed by atoms with Gasteiger partial charge in [0.05, 0.1) is 18.3 Å². The highest BCUT2D eigenvalue weighted by atomic mass is 32.1. The number of piperidine rings is 1. The van der Waals surface area contributed by atoms with Gasteiger partial charge in [0.2, 0.25) is 5.13 Å². The molecule has 3 heterocycles. The molecule has 0 N–H and O–H groups in total. The first-order chi connectivity index (χ1) is 9.83. The lowest BCUT2D eigenvalue weighted by Gasteiger charge is -2.39. The minimum atomic E-state index is -0.0157. The maximum atomic E-state index is 6.16. The minimum Gasteiger partial charge on any atom is -0.375 e. The first kappa shape index (κ1) is 13.0. The van der Waals surface area contributed by atoms with Gasteiger partial charge in [0, 0.05) is 26.1 Å². The van der Waals surface area contributed by atoms with Crippen LogP contribution in [0.25, 0.3) is 0 Å². The van der Waals surface area contributed by atoms with E-state index in [1.54, 1.807) is 16.8 Å². The summed E-state index contributed by atoms with van der Waals surface area (Å²) in [6.07, 6.45) is 6.34. The van der Waals surface area contributed by atoms with Crippen LogP contribution >= 0.6 is 11.3 Å². The monoisotopic (exact) mass is 295 g/mol. The zero-order valence-corrected chi connectivity index (χ0v) is 12.5. The number of anilines is 1. The van der Waals surface area contributed by atoms with E-state index in [0.29, 0.717) is 6.10 Å². The van der Waals surface area contributed by atoms with Crippen LogP contribution in [-0.4, -0.2) is 48.2 Å². The van der Waals surface area contributed by atoms with Crippen molar-refractivity contribution >= 4 is 16.5 Å². The Kier molecular flexibility index (Phi) is 3.40. The molecule has 1 aromatic rings. The van der Waals surface area contributed by atoms with Gasteiger partial charge in [-0.2, -0.15) is 0 Å². The fourth-order valence-corrected chi connectivity index (χ4v) is 3.90. The molecule has 2 saturated heterocycles. The van der Waals surface area contributed by atoms with Crippen molar-refractivity contribution in [3.05, 3.63) is 5.51 Å². The van der Waals surface area contributed by atoms with Crippen molar-refractivity contribution in [2.24, 2.45) is 5.92 Å². The first-order valence-electron chi connectivity index (χ1n) is 7.60. The summed E-state index contributed by atoms with van der Waals surface area (Å²) in [5.74, 6) is 0.829. The van der Waals surface area contributed by atoms with E-state index in [1.165, 1.54) is 12.8 Å². The average Bonchev–Trinajstić information content (AvgIpc) is 2.99. The molecule has 4 rings (SSSR count). The predicted molar refractivity (Wildman–Crippen MR) is 77.1 cm³/mol. The van der Waals surface area contributed by atoms with Gasteiger partial charge in [0.1, 0.15) is 5.51 Å². The smallest absolute Gasteiger partial charge is 0.208 e. The van der Waals surface area contributed by atoms with E-state index in [4.69, 9.17) is 9.47 Å². The van der Waals surface area contributed by atoms with Crippen molar-refractivity contribution < 1.29 is 9.47 Å². The molecule has 2 atom stereocenters. The lowest BCUT2D eigenvalue weighted by atomic mass is 9.89. The van der Waals surface area contributed by atoms with Gasteiger partial charge in [0.25, 0.3) is 0 Å². The minimum absolute atomic E-state index is 0.0157. The van der Waals surface area contributed by atoms with Crippen LogP contribution in [0, 0.1) is 5.92 Å². The summed E-state index contributed by atoms with van der Waals surface area (Å²) in [7, 11) is 0. The largest absolute Gasteiger partial charge is 0.375 e. The first-order valence-corrected chi connectivity index (χ1v) is 8.48. The second-order valence-corrected chi connectivity index (χ2v) is 7.15. The summed E-state index contributed by atoms with van der Waals surface area (Å²) in [6, 6.07) is 0. The SMILES string of the molecule is c1nnc(N2CCCC3(CC(OCC4CC4)CO3)C2)s1. The molecule has 1 saturated carbocycles. The Bertz CT molecular complexity index is 451.